The van der Waals surface area contributed by atoms with E-state index < -0.39 is 40.8 Å². The van der Waals surface area contributed by atoms with Gasteiger partial charge in [-0.15, -0.1) is 0 Å². The van der Waals surface area contributed by atoms with Crippen molar-refractivity contribution in [2.75, 3.05) is 18.4 Å². The molecule has 4 N–H and O–H groups in total. The molecule has 1 saturated heterocycles. The second-order valence-corrected chi connectivity index (χ2v) is 4.34. The number of anilines is 1. The van der Waals surface area contributed by atoms with E-state index in [1.165, 1.54) is 0 Å². The Bertz CT molecular complexity index is 611. The van der Waals surface area contributed by atoms with E-state index in [0.717, 1.165) is 0 Å². The molecule has 0 spiro atoms. The van der Waals surface area contributed by atoms with Crippen molar-refractivity contribution < 1.29 is 28.3 Å². The summed E-state index contributed by atoms with van der Waals surface area (Å²) in [6, 6.07) is 0.294. The first-order chi connectivity index (χ1) is 9.88. The standard InChI is InChI=1S/C12H11F2N3O4/c13-6-2-7(14)8(1-5(6)12(20)21)17-11(19)9-3-16-10(18)4-15-9/h1-2,9,15H,3-4H2,(H,16,18)(H,17,19)(H,20,21). The van der Waals surface area contributed by atoms with Crippen LogP contribution >= 0.6 is 0 Å². The van der Waals surface area contributed by atoms with E-state index in [2.05, 4.69) is 16.0 Å². The normalized spacial score (nSPS) is 18.0. The zero-order chi connectivity index (χ0) is 15.6. The average molecular weight is 299 g/mol. The summed E-state index contributed by atoms with van der Waals surface area (Å²) in [7, 11) is 0. The third kappa shape index (κ3) is 3.31. The number of hydrogen-bond acceptors (Lipinski definition) is 4. The number of carboxylic acids is 1. The lowest BCUT2D eigenvalue weighted by molar-refractivity contribution is -0.124. The monoisotopic (exact) mass is 299 g/mol. The second-order valence-electron chi connectivity index (χ2n) is 4.34. The number of carbonyl (C=O) groups is 3. The summed E-state index contributed by atoms with van der Waals surface area (Å²) in [4.78, 5) is 33.6. The maximum absolute atomic E-state index is 13.5. The Morgan fingerprint density at radius 3 is 2.57 bits per heavy atom. The van der Waals surface area contributed by atoms with Crippen LogP contribution in [0, 0.1) is 11.6 Å². The molecule has 0 aromatic heterocycles. The predicted molar refractivity (Wildman–Crippen MR) is 66.7 cm³/mol. The predicted octanol–water partition coefficient (Wildman–Crippen LogP) is -0.311. The van der Waals surface area contributed by atoms with Gasteiger partial charge < -0.3 is 15.7 Å². The molecule has 2 rings (SSSR count). The third-order valence-electron chi connectivity index (χ3n) is 2.87. The highest BCUT2D eigenvalue weighted by Crippen LogP contribution is 2.20. The van der Waals surface area contributed by atoms with Crippen molar-refractivity contribution in [1.82, 2.24) is 10.6 Å². The van der Waals surface area contributed by atoms with E-state index in [4.69, 9.17) is 5.11 Å². The molecule has 0 bridgehead atoms. The SMILES string of the molecule is O=C1CNC(C(=O)Nc2cc(C(=O)O)c(F)cc2F)CN1. The zero-order valence-electron chi connectivity index (χ0n) is 10.6. The van der Waals surface area contributed by atoms with Crippen LogP contribution in [-0.4, -0.2) is 42.0 Å². The lowest BCUT2D eigenvalue weighted by Gasteiger charge is -2.23. The molecule has 1 aromatic rings. The van der Waals surface area contributed by atoms with Crippen molar-refractivity contribution in [2.45, 2.75) is 6.04 Å². The Hall–Kier alpha value is -2.55. The highest BCUT2D eigenvalue weighted by atomic mass is 19.1. The van der Waals surface area contributed by atoms with Gasteiger partial charge in [0, 0.05) is 12.6 Å². The van der Waals surface area contributed by atoms with Gasteiger partial charge in [0.25, 0.3) is 0 Å². The largest absolute Gasteiger partial charge is 0.478 e. The van der Waals surface area contributed by atoms with Gasteiger partial charge in [0.1, 0.15) is 17.7 Å². The van der Waals surface area contributed by atoms with E-state index >= 15 is 0 Å². The van der Waals surface area contributed by atoms with Crippen molar-refractivity contribution in [3.63, 3.8) is 0 Å². The van der Waals surface area contributed by atoms with Crippen LogP contribution in [0.4, 0.5) is 14.5 Å². The van der Waals surface area contributed by atoms with Crippen molar-refractivity contribution in [3.05, 3.63) is 29.3 Å². The molecule has 1 heterocycles. The molecule has 7 nitrogen and oxygen atoms in total. The van der Waals surface area contributed by atoms with Crippen molar-refractivity contribution in [1.29, 1.82) is 0 Å². The minimum Gasteiger partial charge on any atom is -0.478 e. The van der Waals surface area contributed by atoms with Gasteiger partial charge in [-0.2, -0.15) is 0 Å². The number of carbonyl (C=O) groups excluding carboxylic acids is 2. The number of halogens is 2. The molecule has 1 fully saturated rings. The molecule has 0 aliphatic carbocycles. The summed E-state index contributed by atoms with van der Waals surface area (Å²) in [5, 5.41) is 16.0. The lowest BCUT2D eigenvalue weighted by Crippen LogP contribution is -2.56. The Morgan fingerprint density at radius 2 is 2.00 bits per heavy atom. The van der Waals surface area contributed by atoms with Crippen LogP contribution in [0.15, 0.2) is 12.1 Å². The van der Waals surface area contributed by atoms with Gasteiger partial charge >= 0.3 is 5.97 Å². The molecular weight excluding hydrogens is 288 g/mol. The number of nitrogens with one attached hydrogen (secondary N) is 3. The lowest BCUT2D eigenvalue weighted by atomic mass is 10.1. The first kappa shape index (κ1) is 14.9. The molecule has 0 radical (unpaired) electrons. The first-order valence-corrected chi connectivity index (χ1v) is 5.91. The van der Waals surface area contributed by atoms with Gasteiger partial charge in [0.2, 0.25) is 11.8 Å². The van der Waals surface area contributed by atoms with Gasteiger partial charge in [-0.1, -0.05) is 0 Å². The van der Waals surface area contributed by atoms with Gasteiger partial charge in [-0.25, -0.2) is 13.6 Å². The minimum atomic E-state index is -1.58. The molecule has 1 aromatic carbocycles. The molecule has 1 aliphatic rings. The summed E-state index contributed by atoms with van der Waals surface area (Å²) < 4.78 is 26.8. The summed E-state index contributed by atoms with van der Waals surface area (Å²) in [6.07, 6.45) is 0. The molecule has 1 unspecified atom stereocenters. The first-order valence-electron chi connectivity index (χ1n) is 5.91. The number of amides is 2. The van der Waals surface area contributed by atoms with E-state index in [9.17, 15) is 23.2 Å². The molecule has 1 atom stereocenters. The van der Waals surface area contributed by atoms with Crippen LogP contribution in [0.3, 0.4) is 0 Å². The molecule has 112 valence electrons. The van der Waals surface area contributed by atoms with Crippen molar-refractivity contribution >= 4 is 23.5 Å². The highest BCUT2D eigenvalue weighted by Gasteiger charge is 2.25. The van der Waals surface area contributed by atoms with Crippen molar-refractivity contribution in [3.8, 4) is 0 Å². The second kappa shape index (κ2) is 5.83. The summed E-state index contributed by atoms with van der Waals surface area (Å²) in [5.74, 6) is -4.85. The average Bonchev–Trinajstić information content (AvgIpc) is 2.42. The quantitative estimate of drug-likeness (QED) is 0.612. The fourth-order valence-electron chi connectivity index (χ4n) is 1.78. The van der Waals surface area contributed by atoms with E-state index in [-0.39, 0.29) is 19.0 Å². The highest BCUT2D eigenvalue weighted by molar-refractivity contribution is 5.98. The van der Waals surface area contributed by atoms with E-state index in [0.29, 0.717) is 12.1 Å². The van der Waals surface area contributed by atoms with Crippen LogP contribution in [0.1, 0.15) is 10.4 Å². The smallest absolute Gasteiger partial charge is 0.338 e. The number of hydrogen-bond donors (Lipinski definition) is 4. The maximum Gasteiger partial charge on any atom is 0.338 e. The number of aromatic carboxylic acids is 1. The molecule has 9 heteroatoms. The molecule has 1 aliphatic heterocycles. The summed E-state index contributed by atoms with van der Waals surface area (Å²) in [6.45, 7) is -0.0520. The van der Waals surface area contributed by atoms with E-state index in [1.54, 1.807) is 0 Å². The van der Waals surface area contributed by atoms with Crippen LogP contribution < -0.4 is 16.0 Å². The number of piperazine rings is 1. The Kier molecular flexibility index (Phi) is 4.13. The maximum atomic E-state index is 13.5. The fourth-order valence-corrected chi connectivity index (χ4v) is 1.78. The van der Waals surface area contributed by atoms with Crippen LogP contribution in [0.2, 0.25) is 0 Å². The summed E-state index contributed by atoms with van der Waals surface area (Å²) in [5.41, 5.74) is -1.20. The Morgan fingerprint density at radius 1 is 1.29 bits per heavy atom. The van der Waals surface area contributed by atoms with Crippen LogP contribution in [0.5, 0.6) is 0 Å². The molecule has 0 saturated carbocycles. The zero-order valence-corrected chi connectivity index (χ0v) is 10.6. The van der Waals surface area contributed by atoms with E-state index in [1.807, 2.05) is 0 Å². The van der Waals surface area contributed by atoms with Crippen LogP contribution in [0.25, 0.3) is 0 Å². The van der Waals surface area contributed by atoms with Gasteiger partial charge in [0.05, 0.1) is 17.8 Å². The van der Waals surface area contributed by atoms with Gasteiger partial charge in [0.15, 0.2) is 0 Å². The number of carboxylic acid groups (broad SMARTS) is 1. The third-order valence-corrected chi connectivity index (χ3v) is 2.87. The van der Waals surface area contributed by atoms with Gasteiger partial charge in [-0.05, 0) is 6.07 Å². The molecular formula is C12H11F2N3O4. The molecule has 21 heavy (non-hydrogen) atoms. The minimum absolute atomic E-state index is 0.0132. The number of benzene rings is 1. The van der Waals surface area contributed by atoms with Gasteiger partial charge in [-0.3, -0.25) is 14.9 Å². The van der Waals surface area contributed by atoms with Crippen molar-refractivity contribution in [2.24, 2.45) is 0 Å². The topological polar surface area (TPSA) is 108 Å². The van der Waals surface area contributed by atoms with Crippen LogP contribution in [-0.2, 0) is 9.59 Å². The number of rotatable bonds is 3. The molecule has 2 amide bonds. The Balaban J connectivity index is 2.15. The summed E-state index contributed by atoms with van der Waals surface area (Å²) >= 11 is 0. The Labute approximate surface area is 117 Å². The fraction of sp³-hybridized carbons (Fsp3) is 0.250.